The Labute approximate surface area is 204 Å². The van der Waals surface area contributed by atoms with Crippen molar-refractivity contribution < 1.29 is 14.0 Å². The van der Waals surface area contributed by atoms with Crippen LogP contribution in [0.2, 0.25) is 0 Å². The van der Waals surface area contributed by atoms with Crippen molar-refractivity contribution in [2.45, 2.75) is 46.2 Å². The van der Waals surface area contributed by atoms with Gasteiger partial charge >= 0.3 is 0 Å². The second-order valence-corrected chi connectivity index (χ2v) is 8.83. The Balaban J connectivity index is 0.00000289. The summed E-state index contributed by atoms with van der Waals surface area (Å²) in [6, 6.07) is 12.8. The van der Waals surface area contributed by atoms with Crippen molar-refractivity contribution in [3.8, 4) is 0 Å². The van der Waals surface area contributed by atoms with Crippen LogP contribution in [-0.4, -0.2) is 33.9 Å². The van der Waals surface area contributed by atoms with Gasteiger partial charge in [-0.1, -0.05) is 19.6 Å². The highest BCUT2D eigenvalue weighted by atomic mass is 19.1. The van der Waals surface area contributed by atoms with Gasteiger partial charge in [0.25, 0.3) is 5.91 Å². The van der Waals surface area contributed by atoms with Crippen molar-refractivity contribution in [1.29, 1.82) is 0 Å². The van der Waals surface area contributed by atoms with Gasteiger partial charge in [0.05, 0.1) is 5.69 Å². The highest BCUT2D eigenvalue weighted by Crippen LogP contribution is 2.42. The van der Waals surface area contributed by atoms with E-state index >= 15 is 0 Å². The van der Waals surface area contributed by atoms with Gasteiger partial charge in [-0.3, -0.25) is 9.59 Å². The molecule has 0 saturated carbocycles. The van der Waals surface area contributed by atoms with Gasteiger partial charge in [0.2, 0.25) is 11.9 Å². The fourth-order valence-corrected chi connectivity index (χ4v) is 4.46. The zero-order chi connectivity index (χ0) is 23.9. The standard InChI is InChI=1S/C25H25FN6O2.CH4/c1-15-20-21(32-13-3-12-25(32,2)23(34)30-20)31-24(28-15)27-14-16-4-10-19(11-5-16)29-22(33)17-6-8-18(26)9-7-17;/h4-11H,3,12-14H2,1-2H3,(H,29,33)(H,30,34)(H,27,28,31);1H4/t25-;/m1./s1. The minimum atomic E-state index is -0.570. The van der Waals surface area contributed by atoms with Crippen molar-refractivity contribution in [3.05, 3.63) is 71.2 Å². The van der Waals surface area contributed by atoms with E-state index in [0.29, 0.717) is 35.1 Å². The molecular weight excluding hydrogens is 447 g/mol. The SMILES string of the molecule is C.Cc1nc(NCc2ccc(NC(=O)c3ccc(F)cc3)cc2)nc2c1NC(=O)[C@@]1(C)CCCN21. The Kier molecular flexibility index (Phi) is 6.43. The average molecular weight is 477 g/mol. The number of carbonyl (C=O) groups excluding carboxylic acids is 2. The van der Waals surface area contributed by atoms with Gasteiger partial charge in [-0.25, -0.2) is 9.37 Å². The summed E-state index contributed by atoms with van der Waals surface area (Å²) in [7, 11) is 0. The van der Waals surface area contributed by atoms with E-state index in [1.54, 1.807) is 0 Å². The maximum absolute atomic E-state index is 13.0. The quantitative estimate of drug-likeness (QED) is 0.492. The van der Waals surface area contributed by atoms with Crippen molar-refractivity contribution in [1.82, 2.24) is 9.97 Å². The number of hydrogen-bond acceptors (Lipinski definition) is 6. The molecule has 3 aromatic rings. The smallest absolute Gasteiger partial charge is 0.255 e. The predicted molar refractivity (Wildman–Crippen MR) is 135 cm³/mol. The molecule has 0 spiro atoms. The molecule has 2 aromatic carbocycles. The van der Waals surface area contributed by atoms with Gasteiger partial charge in [0.15, 0.2) is 5.82 Å². The number of carbonyl (C=O) groups is 2. The highest BCUT2D eigenvalue weighted by Gasteiger charge is 2.48. The van der Waals surface area contributed by atoms with E-state index in [0.717, 1.165) is 30.8 Å². The number of aryl methyl sites for hydroxylation is 1. The number of anilines is 4. The lowest BCUT2D eigenvalue weighted by Crippen LogP contribution is -2.54. The third-order valence-electron chi connectivity index (χ3n) is 6.46. The molecule has 8 nitrogen and oxygen atoms in total. The lowest BCUT2D eigenvalue weighted by Gasteiger charge is -2.40. The number of aromatic nitrogens is 2. The molecule has 1 atom stereocenters. The van der Waals surface area contributed by atoms with Crippen LogP contribution >= 0.6 is 0 Å². The fourth-order valence-electron chi connectivity index (χ4n) is 4.46. The second-order valence-electron chi connectivity index (χ2n) is 8.83. The summed E-state index contributed by atoms with van der Waals surface area (Å²) in [4.78, 5) is 36.2. The van der Waals surface area contributed by atoms with E-state index in [-0.39, 0.29) is 25.1 Å². The van der Waals surface area contributed by atoms with Gasteiger partial charge in [0, 0.05) is 24.3 Å². The van der Waals surface area contributed by atoms with Gasteiger partial charge in [-0.2, -0.15) is 4.98 Å². The molecule has 2 amide bonds. The van der Waals surface area contributed by atoms with E-state index in [1.165, 1.54) is 24.3 Å². The Morgan fingerprint density at radius 2 is 1.86 bits per heavy atom. The molecule has 1 saturated heterocycles. The molecule has 35 heavy (non-hydrogen) atoms. The molecule has 0 aliphatic carbocycles. The maximum Gasteiger partial charge on any atom is 0.255 e. The summed E-state index contributed by atoms with van der Waals surface area (Å²) < 4.78 is 13.0. The van der Waals surface area contributed by atoms with Gasteiger partial charge in [0.1, 0.15) is 17.0 Å². The number of nitrogens with zero attached hydrogens (tertiary/aromatic N) is 3. The number of halogens is 1. The maximum atomic E-state index is 13.0. The molecule has 3 N–H and O–H groups in total. The lowest BCUT2D eigenvalue weighted by molar-refractivity contribution is -0.120. The van der Waals surface area contributed by atoms with Crippen molar-refractivity contribution >= 4 is 35.0 Å². The first kappa shape index (κ1) is 24.1. The van der Waals surface area contributed by atoms with E-state index in [1.807, 2.05) is 38.1 Å². The Hall–Kier alpha value is -4.01. The number of benzene rings is 2. The van der Waals surface area contributed by atoms with Crippen LogP contribution in [0.15, 0.2) is 48.5 Å². The number of fused-ring (bicyclic) bond motifs is 3. The number of rotatable bonds is 5. The van der Waals surface area contributed by atoms with Crippen LogP contribution in [-0.2, 0) is 11.3 Å². The topological polar surface area (TPSA) is 99.2 Å². The minimum absolute atomic E-state index is 0. The van der Waals surface area contributed by atoms with Crippen LogP contribution in [0.1, 0.15) is 48.8 Å². The summed E-state index contributed by atoms with van der Waals surface area (Å²) in [5, 5.41) is 9.06. The third-order valence-corrected chi connectivity index (χ3v) is 6.46. The average Bonchev–Trinajstić information content (AvgIpc) is 3.23. The van der Waals surface area contributed by atoms with E-state index < -0.39 is 5.54 Å². The molecule has 0 radical (unpaired) electrons. The molecule has 2 aliphatic rings. The van der Waals surface area contributed by atoms with Crippen LogP contribution in [0.4, 0.5) is 27.5 Å². The summed E-state index contributed by atoms with van der Waals surface area (Å²) in [6.45, 7) is 5.11. The van der Waals surface area contributed by atoms with Crippen LogP contribution in [0, 0.1) is 12.7 Å². The molecular formula is C26H29FN6O2. The first-order valence-corrected chi connectivity index (χ1v) is 11.2. The fraction of sp³-hybridized carbons (Fsp3) is 0.308. The molecule has 0 unspecified atom stereocenters. The molecule has 9 heteroatoms. The van der Waals surface area contributed by atoms with Gasteiger partial charge < -0.3 is 20.9 Å². The van der Waals surface area contributed by atoms with E-state index in [2.05, 4.69) is 25.8 Å². The summed E-state index contributed by atoms with van der Waals surface area (Å²) in [5.41, 5.74) is 2.84. The monoisotopic (exact) mass is 476 g/mol. The van der Waals surface area contributed by atoms with Crippen LogP contribution in [0.5, 0.6) is 0 Å². The van der Waals surface area contributed by atoms with E-state index in [9.17, 15) is 14.0 Å². The molecule has 5 rings (SSSR count). The lowest BCUT2D eigenvalue weighted by atomic mass is 9.95. The Morgan fingerprint density at radius 1 is 1.14 bits per heavy atom. The first-order chi connectivity index (χ1) is 16.3. The van der Waals surface area contributed by atoms with Gasteiger partial charge in [-0.05, 0) is 68.7 Å². The normalized spacial score (nSPS) is 18.1. The first-order valence-electron chi connectivity index (χ1n) is 11.2. The minimum Gasteiger partial charge on any atom is -0.350 e. The van der Waals surface area contributed by atoms with Crippen LogP contribution in [0.25, 0.3) is 0 Å². The van der Waals surface area contributed by atoms with Crippen molar-refractivity contribution in [2.24, 2.45) is 0 Å². The van der Waals surface area contributed by atoms with Crippen molar-refractivity contribution in [3.63, 3.8) is 0 Å². The largest absolute Gasteiger partial charge is 0.350 e. The molecule has 1 aromatic heterocycles. The van der Waals surface area contributed by atoms with Crippen LogP contribution < -0.4 is 20.9 Å². The highest BCUT2D eigenvalue weighted by molar-refractivity contribution is 6.06. The zero-order valence-electron chi connectivity index (χ0n) is 19.0. The summed E-state index contributed by atoms with van der Waals surface area (Å²) >= 11 is 0. The molecule has 3 heterocycles. The van der Waals surface area contributed by atoms with Crippen LogP contribution in [0.3, 0.4) is 0 Å². The number of nitrogens with one attached hydrogen (secondary N) is 3. The third kappa shape index (κ3) is 4.53. The second kappa shape index (κ2) is 9.32. The molecule has 182 valence electrons. The number of hydrogen-bond donors (Lipinski definition) is 3. The molecule has 0 bridgehead atoms. The summed E-state index contributed by atoms with van der Waals surface area (Å²) in [5.74, 6) is 0.566. The molecule has 2 aliphatic heterocycles. The summed E-state index contributed by atoms with van der Waals surface area (Å²) in [6.07, 6.45) is 1.74. The zero-order valence-corrected chi connectivity index (χ0v) is 19.0. The van der Waals surface area contributed by atoms with Gasteiger partial charge in [-0.15, -0.1) is 0 Å². The Morgan fingerprint density at radius 3 is 2.57 bits per heavy atom. The number of amides is 2. The molecule has 1 fully saturated rings. The predicted octanol–water partition coefficient (Wildman–Crippen LogP) is 4.74. The van der Waals surface area contributed by atoms with E-state index in [4.69, 9.17) is 4.98 Å². The van der Waals surface area contributed by atoms with Crippen molar-refractivity contribution in [2.75, 3.05) is 27.4 Å². The Bertz CT molecular complexity index is 1260.